The Hall–Kier alpha value is -2.01. The van der Waals surface area contributed by atoms with Gasteiger partial charge in [0, 0.05) is 5.69 Å². The highest BCUT2D eigenvalue weighted by molar-refractivity contribution is 7.93. The number of hydrogen-bond acceptors (Lipinski definition) is 3. The molecule has 2 aromatic carbocycles. The number of anilines is 2. The number of nitrogens with two attached hydrogens (primary N) is 1. The number of nitrogen functional groups attached to an aromatic ring is 1. The van der Waals surface area contributed by atoms with E-state index in [2.05, 4.69) is 4.72 Å². The van der Waals surface area contributed by atoms with E-state index < -0.39 is 10.0 Å². The van der Waals surface area contributed by atoms with Gasteiger partial charge in [-0.2, -0.15) is 0 Å². The van der Waals surface area contributed by atoms with Crippen LogP contribution >= 0.6 is 0 Å². The van der Waals surface area contributed by atoms with Gasteiger partial charge in [0.15, 0.2) is 0 Å². The van der Waals surface area contributed by atoms with Crippen LogP contribution in [0.2, 0.25) is 0 Å². The molecule has 0 bridgehead atoms. The van der Waals surface area contributed by atoms with E-state index in [0.29, 0.717) is 11.3 Å². The molecule has 0 spiro atoms. The summed E-state index contributed by atoms with van der Waals surface area (Å²) in [7, 11) is -3.67. The van der Waals surface area contributed by atoms with Crippen LogP contribution in [0.4, 0.5) is 11.4 Å². The Labute approximate surface area is 113 Å². The maximum atomic E-state index is 12.4. The molecular weight excluding hydrogens is 260 g/mol. The standard InChI is InChI=1S/C14H16N2O2S/c1-10-8-9-13(15)14(11(10)2)19(17,18)16-12-6-4-3-5-7-12/h3-9,16H,15H2,1-2H3. The van der Waals surface area contributed by atoms with Gasteiger partial charge >= 0.3 is 0 Å². The number of sulfonamides is 1. The van der Waals surface area contributed by atoms with Gasteiger partial charge in [0.2, 0.25) is 0 Å². The molecule has 3 N–H and O–H groups in total. The van der Waals surface area contributed by atoms with Crippen molar-refractivity contribution in [1.29, 1.82) is 0 Å². The molecule has 0 unspecified atom stereocenters. The maximum Gasteiger partial charge on any atom is 0.264 e. The van der Waals surface area contributed by atoms with Crippen LogP contribution in [0.25, 0.3) is 0 Å². The summed E-state index contributed by atoms with van der Waals surface area (Å²) in [6, 6.07) is 12.2. The van der Waals surface area contributed by atoms with E-state index >= 15 is 0 Å². The predicted molar refractivity (Wildman–Crippen MR) is 77.6 cm³/mol. The molecule has 0 aliphatic carbocycles. The summed E-state index contributed by atoms with van der Waals surface area (Å²) in [5, 5.41) is 0. The molecule has 0 saturated heterocycles. The number of hydrogen-bond donors (Lipinski definition) is 2. The molecule has 2 aromatic rings. The number of para-hydroxylation sites is 1. The first kappa shape index (κ1) is 13.4. The Morgan fingerprint density at radius 1 is 1.00 bits per heavy atom. The quantitative estimate of drug-likeness (QED) is 0.847. The second kappa shape index (κ2) is 4.93. The van der Waals surface area contributed by atoms with Crippen molar-refractivity contribution in [2.45, 2.75) is 18.7 Å². The number of benzene rings is 2. The molecule has 4 nitrogen and oxygen atoms in total. The third kappa shape index (κ3) is 2.71. The summed E-state index contributed by atoms with van der Waals surface area (Å²) in [6.45, 7) is 3.61. The molecule has 0 aliphatic heterocycles. The molecule has 0 amide bonds. The SMILES string of the molecule is Cc1ccc(N)c(S(=O)(=O)Nc2ccccc2)c1C. The molecule has 5 heteroatoms. The van der Waals surface area contributed by atoms with Gasteiger partial charge < -0.3 is 5.73 Å². The zero-order valence-electron chi connectivity index (χ0n) is 10.8. The Kier molecular flexibility index (Phi) is 3.48. The van der Waals surface area contributed by atoms with E-state index in [1.807, 2.05) is 19.1 Å². The first-order valence-electron chi connectivity index (χ1n) is 5.85. The minimum atomic E-state index is -3.67. The Bertz CT molecular complexity index is 695. The van der Waals surface area contributed by atoms with Gasteiger partial charge in [0.05, 0.1) is 5.69 Å². The monoisotopic (exact) mass is 276 g/mol. The van der Waals surface area contributed by atoms with E-state index in [1.165, 1.54) is 0 Å². The van der Waals surface area contributed by atoms with E-state index in [0.717, 1.165) is 5.56 Å². The second-order valence-electron chi connectivity index (χ2n) is 4.40. The summed E-state index contributed by atoms with van der Waals surface area (Å²) in [5.41, 5.74) is 8.14. The van der Waals surface area contributed by atoms with Gasteiger partial charge in [-0.25, -0.2) is 8.42 Å². The lowest BCUT2D eigenvalue weighted by Crippen LogP contribution is -2.16. The summed E-state index contributed by atoms with van der Waals surface area (Å²) in [5.74, 6) is 0. The Morgan fingerprint density at radius 2 is 1.63 bits per heavy atom. The maximum absolute atomic E-state index is 12.4. The smallest absolute Gasteiger partial charge is 0.264 e. The lowest BCUT2D eigenvalue weighted by Gasteiger charge is -2.14. The average Bonchev–Trinajstić information content (AvgIpc) is 2.35. The van der Waals surface area contributed by atoms with Crippen LogP contribution in [0.15, 0.2) is 47.4 Å². The average molecular weight is 276 g/mol. The van der Waals surface area contributed by atoms with Crippen molar-refractivity contribution in [3.05, 3.63) is 53.6 Å². The van der Waals surface area contributed by atoms with Gasteiger partial charge in [0.1, 0.15) is 4.90 Å². The van der Waals surface area contributed by atoms with Crippen LogP contribution in [-0.2, 0) is 10.0 Å². The summed E-state index contributed by atoms with van der Waals surface area (Å²) < 4.78 is 27.3. The lowest BCUT2D eigenvalue weighted by molar-refractivity contribution is 0.601. The zero-order valence-corrected chi connectivity index (χ0v) is 11.7. The number of aryl methyl sites for hydroxylation is 1. The molecule has 0 heterocycles. The molecule has 0 radical (unpaired) electrons. The van der Waals surface area contributed by atoms with Gasteiger partial charge in [-0.15, -0.1) is 0 Å². The van der Waals surface area contributed by atoms with E-state index in [4.69, 9.17) is 5.73 Å². The predicted octanol–water partition coefficient (Wildman–Crippen LogP) is 2.69. The zero-order chi connectivity index (χ0) is 14.0. The summed E-state index contributed by atoms with van der Waals surface area (Å²) in [4.78, 5) is 0.149. The highest BCUT2D eigenvalue weighted by atomic mass is 32.2. The number of nitrogens with one attached hydrogen (secondary N) is 1. The molecule has 0 aromatic heterocycles. The van der Waals surface area contributed by atoms with Crippen LogP contribution < -0.4 is 10.5 Å². The van der Waals surface area contributed by atoms with Crippen molar-refractivity contribution in [2.75, 3.05) is 10.5 Å². The molecule has 100 valence electrons. The first-order valence-corrected chi connectivity index (χ1v) is 7.33. The third-order valence-corrected chi connectivity index (χ3v) is 4.59. The Balaban J connectivity index is 2.49. The van der Waals surface area contributed by atoms with E-state index in [9.17, 15) is 8.42 Å². The van der Waals surface area contributed by atoms with Gasteiger partial charge in [0.25, 0.3) is 10.0 Å². The van der Waals surface area contributed by atoms with E-state index in [-0.39, 0.29) is 10.6 Å². The molecule has 0 atom stereocenters. The summed E-state index contributed by atoms with van der Waals surface area (Å²) >= 11 is 0. The van der Waals surface area contributed by atoms with Gasteiger partial charge in [-0.05, 0) is 43.2 Å². The molecule has 0 saturated carbocycles. The minimum Gasteiger partial charge on any atom is -0.398 e. The van der Waals surface area contributed by atoms with Crippen LogP contribution in [0.3, 0.4) is 0 Å². The normalized spacial score (nSPS) is 11.3. The fourth-order valence-electron chi connectivity index (χ4n) is 1.88. The first-order chi connectivity index (χ1) is 8.92. The largest absolute Gasteiger partial charge is 0.398 e. The molecule has 2 rings (SSSR count). The van der Waals surface area contributed by atoms with Crippen molar-refractivity contribution in [2.24, 2.45) is 0 Å². The van der Waals surface area contributed by atoms with Crippen molar-refractivity contribution in [1.82, 2.24) is 0 Å². The highest BCUT2D eigenvalue weighted by Gasteiger charge is 2.21. The molecule has 0 fully saturated rings. The third-order valence-electron chi connectivity index (χ3n) is 3.00. The highest BCUT2D eigenvalue weighted by Crippen LogP contribution is 2.27. The molecule has 19 heavy (non-hydrogen) atoms. The van der Waals surface area contributed by atoms with Crippen molar-refractivity contribution >= 4 is 21.4 Å². The molecule has 0 aliphatic rings. The van der Waals surface area contributed by atoms with Gasteiger partial charge in [-0.1, -0.05) is 24.3 Å². The Morgan fingerprint density at radius 3 is 2.26 bits per heavy atom. The fourth-order valence-corrected chi connectivity index (χ4v) is 3.37. The van der Waals surface area contributed by atoms with Gasteiger partial charge in [-0.3, -0.25) is 4.72 Å². The van der Waals surface area contributed by atoms with Crippen molar-refractivity contribution in [3.8, 4) is 0 Å². The lowest BCUT2D eigenvalue weighted by atomic mass is 10.1. The number of rotatable bonds is 3. The van der Waals surface area contributed by atoms with E-state index in [1.54, 1.807) is 37.3 Å². The van der Waals surface area contributed by atoms with Crippen LogP contribution in [0.1, 0.15) is 11.1 Å². The topological polar surface area (TPSA) is 72.2 Å². The second-order valence-corrected chi connectivity index (χ2v) is 6.02. The molecular formula is C14H16N2O2S. The van der Waals surface area contributed by atoms with Crippen LogP contribution in [-0.4, -0.2) is 8.42 Å². The fraction of sp³-hybridized carbons (Fsp3) is 0.143. The summed E-state index contributed by atoms with van der Waals surface area (Å²) in [6.07, 6.45) is 0. The van der Waals surface area contributed by atoms with Crippen molar-refractivity contribution in [3.63, 3.8) is 0 Å². The minimum absolute atomic E-state index is 0.149. The van der Waals surface area contributed by atoms with Crippen molar-refractivity contribution < 1.29 is 8.42 Å². The van der Waals surface area contributed by atoms with Crippen LogP contribution in [0, 0.1) is 13.8 Å². The van der Waals surface area contributed by atoms with Crippen LogP contribution in [0.5, 0.6) is 0 Å².